The van der Waals surface area contributed by atoms with Gasteiger partial charge >= 0.3 is 0 Å². The van der Waals surface area contributed by atoms with Crippen LogP contribution in [0.1, 0.15) is 26.7 Å². The third-order valence-corrected chi connectivity index (χ3v) is 1.12. The van der Waals surface area contributed by atoms with Gasteiger partial charge in [0.05, 0.1) is 13.2 Å². The lowest BCUT2D eigenvalue weighted by Gasteiger charge is -1.96. The van der Waals surface area contributed by atoms with Gasteiger partial charge in [0.15, 0.2) is 0 Å². The second-order valence-corrected chi connectivity index (χ2v) is 2.45. The van der Waals surface area contributed by atoms with Gasteiger partial charge in [-0.1, -0.05) is 0 Å². The number of hydrogen-bond acceptors (Lipinski definition) is 4. The van der Waals surface area contributed by atoms with Crippen molar-refractivity contribution < 1.29 is 19.7 Å². The Hall–Kier alpha value is -0.450. The Labute approximate surface area is 79.5 Å². The topological polar surface area (TPSA) is 66.8 Å². The molecule has 0 aliphatic rings. The second-order valence-electron chi connectivity index (χ2n) is 2.45. The van der Waals surface area contributed by atoms with Crippen molar-refractivity contribution in [3.63, 3.8) is 0 Å². The average molecular weight is 192 g/mol. The summed E-state index contributed by atoms with van der Waals surface area (Å²) >= 11 is 0. The summed E-state index contributed by atoms with van der Waals surface area (Å²) in [6.07, 6.45) is 1.52. The molecule has 0 heterocycles. The van der Waals surface area contributed by atoms with Crippen LogP contribution in [0, 0.1) is 0 Å². The van der Waals surface area contributed by atoms with Crippen molar-refractivity contribution >= 4 is 5.78 Å². The maximum Gasteiger partial charge on any atom is 0.129 e. The molecule has 0 aromatic carbocycles. The Bertz CT molecular complexity index is 102. The van der Waals surface area contributed by atoms with Gasteiger partial charge in [0.2, 0.25) is 0 Å². The van der Waals surface area contributed by atoms with Crippen LogP contribution in [0.2, 0.25) is 0 Å². The monoisotopic (exact) mass is 192 g/mol. The highest BCUT2D eigenvalue weighted by atomic mass is 16.5. The molecule has 13 heavy (non-hydrogen) atoms. The Morgan fingerprint density at radius 3 is 2.15 bits per heavy atom. The molecule has 0 bridgehead atoms. The quantitative estimate of drug-likeness (QED) is 0.596. The maximum absolute atomic E-state index is 10.4. The molecule has 2 N–H and O–H groups in total. The zero-order valence-corrected chi connectivity index (χ0v) is 8.45. The fourth-order valence-electron chi connectivity index (χ4n) is 0.568. The van der Waals surface area contributed by atoms with Crippen LogP contribution in [0.5, 0.6) is 0 Å². The summed E-state index contributed by atoms with van der Waals surface area (Å²) in [6.45, 7) is 4.77. The molecule has 0 saturated carbocycles. The largest absolute Gasteiger partial charge is 0.394 e. The van der Waals surface area contributed by atoms with Crippen LogP contribution >= 0.6 is 0 Å². The third kappa shape index (κ3) is 24.6. The number of ketones is 1. The summed E-state index contributed by atoms with van der Waals surface area (Å²) < 4.78 is 5.03. The minimum absolute atomic E-state index is 0.125. The van der Waals surface area contributed by atoms with Crippen LogP contribution in [-0.2, 0) is 9.53 Å². The lowest BCUT2D eigenvalue weighted by Crippen LogP contribution is -1.96. The van der Waals surface area contributed by atoms with Gasteiger partial charge in [-0.15, -0.1) is 0 Å². The van der Waals surface area contributed by atoms with Crippen LogP contribution in [-0.4, -0.2) is 42.4 Å². The smallest absolute Gasteiger partial charge is 0.129 e. The molecule has 0 aliphatic carbocycles. The fourth-order valence-corrected chi connectivity index (χ4v) is 0.568. The summed E-state index contributed by atoms with van der Waals surface area (Å²) in [5, 5.41) is 15.2. The molecule has 0 atom stereocenters. The Balaban J connectivity index is 0. The zero-order chi connectivity index (χ0) is 10.5. The molecule has 0 rings (SSSR count). The molecule has 0 fully saturated rings. The molecule has 0 saturated heterocycles. The van der Waals surface area contributed by atoms with Crippen LogP contribution in [0.3, 0.4) is 0 Å². The highest BCUT2D eigenvalue weighted by Crippen LogP contribution is 1.90. The fraction of sp³-hybridized carbons (Fsp3) is 0.889. The normalized spacial score (nSPS) is 8.92. The highest BCUT2D eigenvalue weighted by molar-refractivity contribution is 5.75. The first-order valence-corrected chi connectivity index (χ1v) is 4.47. The highest BCUT2D eigenvalue weighted by Gasteiger charge is 1.91. The number of Topliss-reactive ketones (excluding diaryl/α,β-unsaturated/α-hetero) is 1. The number of carbonyl (C=O) groups excluding carboxylic acids is 1. The van der Waals surface area contributed by atoms with E-state index in [1.54, 1.807) is 6.92 Å². The Morgan fingerprint density at radius 1 is 1.31 bits per heavy atom. The number of aliphatic hydroxyl groups is 2. The summed E-state index contributed by atoms with van der Waals surface area (Å²) in [7, 11) is 0. The van der Waals surface area contributed by atoms with E-state index in [1.807, 2.05) is 6.92 Å². The SMILES string of the molecule is CCOCCCC(C)=O.OCCO. The van der Waals surface area contributed by atoms with Gasteiger partial charge in [-0.2, -0.15) is 0 Å². The molecular formula is C9H20O4. The minimum atomic E-state index is -0.125. The first-order chi connectivity index (χ1) is 6.18. The standard InChI is InChI=1S/C7H14O2.C2H6O2/c1-3-9-6-4-5-7(2)8;3-1-2-4/h3-6H2,1-2H3;3-4H,1-2H2. The molecule has 0 spiro atoms. The van der Waals surface area contributed by atoms with E-state index in [-0.39, 0.29) is 19.0 Å². The van der Waals surface area contributed by atoms with Crippen molar-refractivity contribution in [2.24, 2.45) is 0 Å². The number of hydrogen-bond donors (Lipinski definition) is 2. The van der Waals surface area contributed by atoms with E-state index in [0.717, 1.165) is 19.6 Å². The molecular weight excluding hydrogens is 172 g/mol. The molecule has 0 aliphatic heterocycles. The molecule has 0 radical (unpaired) electrons. The van der Waals surface area contributed by atoms with Crippen molar-refractivity contribution in [2.75, 3.05) is 26.4 Å². The predicted octanol–water partition coefficient (Wildman–Crippen LogP) is 0.363. The number of carbonyl (C=O) groups is 1. The molecule has 80 valence electrons. The summed E-state index contributed by atoms with van der Waals surface area (Å²) in [5.74, 6) is 0.245. The minimum Gasteiger partial charge on any atom is -0.394 e. The van der Waals surface area contributed by atoms with Gasteiger partial charge in [0.25, 0.3) is 0 Å². The van der Waals surface area contributed by atoms with E-state index in [1.165, 1.54) is 0 Å². The van der Waals surface area contributed by atoms with Gasteiger partial charge in [-0.05, 0) is 20.3 Å². The summed E-state index contributed by atoms with van der Waals surface area (Å²) in [4.78, 5) is 10.4. The van der Waals surface area contributed by atoms with E-state index >= 15 is 0 Å². The van der Waals surface area contributed by atoms with E-state index in [4.69, 9.17) is 14.9 Å². The molecule has 4 heteroatoms. The van der Waals surface area contributed by atoms with Gasteiger partial charge in [0.1, 0.15) is 5.78 Å². The first kappa shape index (κ1) is 15.0. The molecule has 4 nitrogen and oxygen atoms in total. The van der Waals surface area contributed by atoms with E-state index in [2.05, 4.69) is 0 Å². The van der Waals surface area contributed by atoms with Crippen molar-refractivity contribution in [3.05, 3.63) is 0 Å². The lowest BCUT2D eigenvalue weighted by atomic mass is 10.2. The van der Waals surface area contributed by atoms with E-state index < -0.39 is 0 Å². The van der Waals surface area contributed by atoms with Gasteiger partial charge in [-0.3, -0.25) is 0 Å². The average Bonchev–Trinajstić information content (AvgIpc) is 2.13. The predicted molar refractivity (Wildman–Crippen MR) is 50.6 cm³/mol. The van der Waals surface area contributed by atoms with Crippen LogP contribution < -0.4 is 0 Å². The van der Waals surface area contributed by atoms with E-state index in [0.29, 0.717) is 6.42 Å². The Morgan fingerprint density at radius 2 is 1.85 bits per heavy atom. The molecule has 0 aromatic heterocycles. The van der Waals surface area contributed by atoms with Crippen molar-refractivity contribution in [1.29, 1.82) is 0 Å². The van der Waals surface area contributed by atoms with Crippen LogP contribution in [0.4, 0.5) is 0 Å². The number of aliphatic hydroxyl groups excluding tert-OH is 2. The molecule has 0 aromatic rings. The van der Waals surface area contributed by atoms with Crippen LogP contribution in [0.25, 0.3) is 0 Å². The molecule has 0 unspecified atom stereocenters. The Kier molecular flexibility index (Phi) is 16.3. The van der Waals surface area contributed by atoms with Crippen molar-refractivity contribution in [1.82, 2.24) is 0 Å². The van der Waals surface area contributed by atoms with Crippen LogP contribution in [0.15, 0.2) is 0 Å². The zero-order valence-electron chi connectivity index (χ0n) is 8.45. The maximum atomic E-state index is 10.4. The third-order valence-electron chi connectivity index (χ3n) is 1.12. The number of ether oxygens (including phenoxy) is 1. The van der Waals surface area contributed by atoms with E-state index in [9.17, 15) is 4.79 Å². The molecule has 0 amide bonds. The van der Waals surface area contributed by atoms with Gasteiger partial charge < -0.3 is 19.7 Å². The lowest BCUT2D eigenvalue weighted by molar-refractivity contribution is -0.117. The second kappa shape index (κ2) is 14.1. The summed E-state index contributed by atoms with van der Waals surface area (Å²) in [6, 6.07) is 0. The van der Waals surface area contributed by atoms with Gasteiger partial charge in [0, 0.05) is 19.6 Å². The van der Waals surface area contributed by atoms with Gasteiger partial charge in [-0.25, -0.2) is 0 Å². The first-order valence-electron chi connectivity index (χ1n) is 4.47. The van der Waals surface area contributed by atoms with Crippen molar-refractivity contribution in [3.8, 4) is 0 Å². The number of rotatable bonds is 6. The van der Waals surface area contributed by atoms with Crippen molar-refractivity contribution in [2.45, 2.75) is 26.7 Å². The summed E-state index contributed by atoms with van der Waals surface area (Å²) in [5.41, 5.74) is 0.